The van der Waals surface area contributed by atoms with E-state index in [2.05, 4.69) is 4.98 Å². The Morgan fingerprint density at radius 3 is 2.88 bits per heavy atom. The number of hydrogen-bond donors (Lipinski definition) is 1. The number of carbonyl (C=O) groups is 1. The first-order valence-corrected chi connectivity index (χ1v) is 8.76. The number of para-hydroxylation sites is 1. The highest BCUT2D eigenvalue weighted by Gasteiger charge is 2.25. The van der Waals surface area contributed by atoms with Crippen molar-refractivity contribution in [1.29, 1.82) is 0 Å². The standard InChI is InChI=1S/C20H20N2O4/c23-19-11-17(16-7-1-2-8-18(16)21-19)20(24)22(12-14-5-3-9-25-14)13-15-6-4-10-26-15/h1-3,5,7-9,11,15H,4,6,10,12-13H2,(H,21,23). The predicted octanol–water partition coefficient (Wildman–Crippen LogP) is 2.94. The minimum atomic E-state index is -0.290. The summed E-state index contributed by atoms with van der Waals surface area (Å²) in [5.74, 6) is 0.504. The molecular weight excluding hydrogens is 332 g/mol. The van der Waals surface area contributed by atoms with Gasteiger partial charge in [0, 0.05) is 30.1 Å². The molecule has 6 nitrogen and oxygen atoms in total. The summed E-state index contributed by atoms with van der Waals surface area (Å²) in [6.07, 6.45) is 3.54. The third-order valence-electron chi connectivity index (χ3n) is 4.64. The highest BCUT2D eigenvalue weighted by Crippen LogP contribution is 2.21. The average molecular weight is 352 g/mol. The zero-order valence-electron chi connectivity index (χ0n) is 14.3. The Hall–Kier alpha value is -2.86. The summed E-state index contributed by atoms with van der Waals surface area (Å²) in [7, 11) is 0. The van der Waals surface area contributed by atoms with Crippen LogP contribution in [0.1, 0.15) is 29.0 Å². The van der Waals surface area contributed by atoms with Crippen molar-refractivity contribution in [2.45, 2.75) is 25.5 Å². The average Bonchev–Trinajstić information content (AvgIpc) is 3.34. The molecule has 134 valence electrons. The summed E-state index contributed by atoms with van der Waals surface area (Å²) in [4.78, 5) is 29.8. The minimum Gasteiger partial charge on any atom is -0.467 e. The van der Waals surface area contributed by atoms with Gasteiger partial charge >= 0.3 is 0 Å². The third-order valence-corrected chi connectivity index (χ3v) is 4.64. The lowest BCUT2D eigenvalue weighted by atomic mass is 10.1. The number of aromatic nitrogens is 1. The van der Waals surface area contributed by atoms with Crippen LogP contribution in [0.3, 0.4) is 0 Å². The summed E-state index contributed by atoms with van der Waals surface area (Å²) >= 11 is 0. The van der Waals surface area contributed by atoms with Gasteiger partial charge in [0.2, 0.25) is 5.56 Å². The number of benzene rings is 1. The van der Waals surface area contributed by atoms with Crippen LogP contribution in [0.4, 0.5) is 0 Å². The summed E-state index contributed by atoms with van der Waals surface area (Å²) < 4.78 is 11.1. The van der Waals surface area contributed by atoms with Crippen LogP contribution in [-0.4, -0.2) is 35.0 Å². The molecule has 4 rings (SSSR count). The third kappa shape index (κ3) is 3.41. The Morgan fingerprint density at radius 1 is 1.23 bits per heavy atom. The van der Waals surface area contributed by atoms with E-state index >= 15 is 0 Å². The van der Waals surface area contributed by atoms with Crippen molar-refractivity contribution in [2.75, 3.05) is 13.2 Å². The highest BCUT2D eigenvalue weighted by atomic mass is 16.5. The van der Waals surface area contributed by atoms with E-state index in [9.17, 15) is 9.59 Å². The fourth-order valence-electron chi connectivity index (χ4n) is 3.40. The quantitative estimate of drug-likeness (QED) is 0.766. The predicted molar refractivity (Wildman–Crippen MR) is 97.0 cm³/mol. The van der Waals surface area contributed by atoms with Crippen LogP contribution in [0, 0.1) is 0 Å². The minimum absolute atomic E-state index is 0.0159. The van der Waals surface area contributed by atoms with Crippen molar-refractivity contribution >= 4 is 16.8 Å². The number of amides is 1. The van der Waals surface area contributed by atoms with Gasteiger partial charge in [-0.1, -0.05) is 18.2 Å². The van der Waals surface area contributed by atoms with E-state index in [4.69, 9.17) is 9.15 Å². The molecule has 0 radical (unpaired) electrons. The van der Waals surface area contributed by atoms with Crippen molar-refractivity contribution in [3.63, 3.8) is 0 Å². The molecule has 1 N–H and O–H groups in total. The maximum absolute atomic E-state index is 13.3. The van der Waals surface area contributed by atoms with Crippen molar-refractivity contribution in [2.24, 2.45) is 0 Å². The van der Waals surface area contributed by atoms with Crippen molar-refractivity contribution in [1.82, 2.24) is 9.88 Å². The van der Waals surface area contributed by atoms with Crippen LogP contribution in [-0.2, 0) is 11.3 Å². The summed E-state index contributed by atoms with van der Waals surface area (Å²) in [6.45, 7) is 1.54. The molecule has 1 fully saturated rings. The molecule has 1 atom stereocenters. The number of H-pyrrole nitrogens is 1. The summed E-state index contributed by atoms with van der Waals surface area (Å²) in [6, 6.07) is 12.3. The van der Waals surface area contributed by atoms with Gasteiger partial charge in [0.25, 0.3) is 5.91 Å². The number of carbonyl (C=O) groups excluding carboxylic acids is 1. The van der Waals surface area contributed by atoms with Crippen molar-refractivity contribution < 1.29 is 13.9 Å². The van der Waals surface area contributed by atoms with Gasteiger partial charge in [-0.3, -0.25) is 9.59 Å². The Labute approximate surface area is 150 Å². The number of nitrogens with one attached hydrogen (secondary N) is 1. The van der Waals surface area contributed by atoms with Crippen molar-refractivity contribution in [3.8, 4) is 0 Å². The molecule has 1 unspecified atom stereocenters. The maximum atomic E-state index is 13.3. The van der Waals surface area contributed by atoms with Crippen LogP contribution in [0.5, 0.6) is 0 Å². The molecule has 0 bridgehead atoms. The number of rotatable bonds is 5. The fraction of sp³-hybridized carbons (Fsp3) is 0.300. The second-order valence-corrected chi connectivity index (χ2v) is 6.49. The first kappa shape index (κ1) is 16.6. The second-order valence-electron chi connectivity index (χ2n) is 6.49. The van der Waals surface area contributed by atoms with E-state index in [0.29, 0.717) is 29.9 Å². The van der Waals surface area contributed by atoms with Crippen LogP contribution in [0.15, 0.2) is 57.9 Å². The number of ether oxygens (including phenoxy) is 1. The monoisotopic (exact) mass is 352 g/mol. The first-order chi connectivity index (χ1) is 12.7. The number of fused-ring (bicyclic) bond motifs is 1. The highest BCUT2D eigenvalue weighted by molar-refractivity contribution is 6.05. The van der Waals surface area contributed by atoms with Gasteiger partial charge in [-0.2, -0.15) is 0 Å². The molecular formula is C20H20N2O4. The lowest BCUT2D eigenvalue weighted by Crippen LogP contribution is -2.37. The SMILES string of the molecule is O=C(c1cc(=O)[nH]c2ccccc12)N(Cc1ccco1)CC1CCCO1. The fourth-order valence-corrected chi connectivity index (χ4v) is 3.40. The van der Waals surface area contributed by atoms with Gasteiger partial charge in [0.15, 0.2) is 0 Å². The number of pyridine rings is 1. The van der Waals surface area contributed by atoms with Crippen molar-refractivity contribution in [3.05, 3.63) is 70.4 Å². The Morgan fingerprint density at radius 2 is 2.12 bits per heavy atom. The zero-order valence-corrected chi connectivity index (χ0v) is 14.3. The Kier molecular flexibility index (Phi) is 4.58. The lowest BCUT2D eigenvalue weighted by Gasteiger charge is -2.25. The van der Waals surface area contributed by atoms with E-state index in [1.54, 1.807) is 23.3 Å². The first-order valence-electron chi connectivity index (χ1n) is 8.76. The molecule has 26 heavy (non-hydrogen) atoms. The summed E-state index contributed by atoms with van der Waals surface area (Å²) in [5.41, 5.74) is 0.759. The van der Waals surface area contributed by atoms with Crippen LogP contribution >= 0.6 is 0 Å². The molecule has 0 saturated carbocycles. The molecule has 3 heterocycles. The van der Waals surface area contributed by atoms with E-state index in [0.717, 1.165) is 24.8 Å². The molecule has 0 spiro atoms. The largest absolute Gasteiger partial charge is 0.467 e. The van der Waals surface area contributed by atoms with Crippen LogP contribution < -0.4 is 5.56 Å². The molecule has 0 aliphatic carbocycles. The number of nitrogens with zero attached hydrogens (tertiary/aromatic N) is 1. The maximum Gasteiger partial charge on any atom is 0.255 e. The van der Waals surface area contributed by atoms with Crippen LogP contribution in [0.2, 0.25) is 0 Å². The molecule has 1 aliphatic rings. The molecule has 6 heteroatoms. The number of hydrogen-bond acceptors (Lipinski definition) is 4. The van der Waals surface area contributed by atoms with E-state index < -0.39 is 0 Å². The van der Waals surface area contributed by atoms with E-state index in [-0.39, 0.29) is 17.6 Å². The van der Waals surface area contributed by atoms with Gasteiger partial charge in [-0.15, -0.1) is 0 Å². The normalized spacial score (nSPS) is 16.8. The van der Waals surface area contributed by atoms with Gasteiger partial charge in [0.05, 0.1) is 24.5 Å². The van der Waals surface area contributed by atoms with Gasteiger partial charge in [0.1, 0.15) is 5.76 Å². The zero-order chi connectivity index (χ0) is 17.9. The topological polar surface area (TPSA) is 75.5 Å². The van der Waals surface area contributed by atoms with Crippen LogP contribution in [0.25, 0.3) is 10.9 Å². The van der Waals surface area contributed by atoms with Gasteiger partial charge in [-0.25, -0.2) is 0 Å². The van der Waals surface area contributed by atoms with Gasteiger partial charge < -0.3 is 19.0 Å². The van der Waals surface area contributed by atoms with Gasteiger partial charge in [-0.05, 0) is 31.0 Å². The molecule has 1 aliphatic heterocycles. The molecule has 2 aromatic heterocycles. The van der Waals surface area contributed by atoms with E-state index in [1.165, 1.54) is 6.07 Å². The molecule has 1 aromatic carbocycles. The lowest BCUT2D eigenvalue weighted by molar-refractivity contribution is 0.0493. The molecule has 1 saturated heterocycles. The molecule has 3 aromatic rings. The van der Waals surface area contributed by atoms with E-state index in [1.807, 2.05) is 24.3 Å². The smallest absolute Gasteiger partial charge is 0.255 e. The molecule has 1 amide bonds. The Balaban J connectivity index is 1.70. The number of furan rings is 1. The Bertz CT molecular complexity index is 955. The number of aromatic amines is 1. The second kappa shape index (κ2) is 7.17. The summed E-state index contributed by atoms with van der Waals surface area (Å²) in [5, 5.41) is 0.730.